The van der Waals surface area contributed by atoms with E-state index < -0.39 is 0 Å². The number of aromatic nitrogens is 3. The Morgan fingerprint density at radius 1 is 1.17 bits per heavy atom. The fourth-order valence-electron chi connectivity index (χ4n) is 2.77. The second kappa shape index (κ2) is 8.02. The second-order valence-electron chi connectivity index (χ2n) is 6.70. The highest BCUT2D eigenvalue weighted by Gasteiger charge is 2.12. The monoisotopic (exact) mass is 388 g/mol. The van der Waals surface area contributed by atoms with Crippen LogP contribution in [0.2, 0.25) is 0 Å². The molecule has 0 aliphatic carbocycles. The van der Waals surface area contributed by atoms with Crippen LogP contribution in [0.25, 0.3) is 11.5 Å². The molecule has 0 atom stereocenters. The van der Waals surface area contributed by atoms with Crippen LogP contribution in [0.4, 0.5) is 0 Å². The maximum atomic E-state index is 12.3. The first-order valence-electron chi connectivity index (χ1n) is 9.16. The van der Waals surface area contributed by atoms with E-state index in [9.17, 15) is 4.79 Å². The summed E-state index contributed by atoms with van der Waals surface area (Å²) in [5, 5.41) is 9.65. The minimum atomic E-state index is -0.283. The number of H-pyrrole nitrogens is 1. The van der Waals surface area contributed by atoms with Crippen LogP contribution in [0.15, 0.2) is 65.4 Å². The number of furan rings is 1. The van der Waals surface area contributed by atoms with Gasteiger partial charge in [-0.3, -0.25) is 9.89 Å². The van der Waals surface area contributed by atoms with E-state index in [1.54, 1.807) is 36.7 Å². The Bertz CT molecular complexity index is 1120. The number of nitrogens with one attached hydrogen (secondary N) is 2. The Labute approximate surface area is 167 Å². The van der Waals surface area contributed by atoms with Gasteiger partial charge in [0.25, 0.3) is 5.91 Å². The Hall–Kier alpha value is -3.87. The molecule has 1 aromatic carbocycles. The molecule has 0 saturated heterocycles. The molecule has 1 amide bonds. The largest absolute Gasteiger partial charge is 0.463 e. The summed E-state index contributed by atoms with van der Waals surface area (Å²) in [4.78, 5) is 16.6. The molecule has 0 aliphatic rings. The van der Waals surface area contributed by atoms with Crippen molar-refractivity contribution in [3.05, 3.63) is 83.4 Å². The molecule has 2 N–H and O–H groups in total. The summed E-state index contributed by atoms with van der Waals surface area (Å²) in [7, 11) is 0. The van der Waals surface area contributed by atoms with Crippen LogP contribution in [0.1, 0.15) is 27.2 Å². The zero-order valence-electron chi connectivity index (χ0n) is 16.1. The number of aromatic amines is 1. The SMILES string of the molecule is Cc1ccc(C)c(Oc2ccc(CNC(=O)c3cc(-c4ccco4)[nH]n3)cn2)c1. The number of carbonyl (C=O) groups excluding carboxylic acids is 1. The van der Waals surface area contributed by atoms with E-state index in [-0.39, 0.29) is 5.91 Å². The Balaban J connectivity index is 1.35. The van der Waals surface area contributed by atoms with Gasteiger partial charge in [0.1, 0.15) is 11.4 Å². The standard InChI is InChI=1S/C22H20N4O3/c1-14-5-6-15(2)20(10-14)29-21-8-7-16(12-23-21)13-24-22(27)18-11-17(25-26-18)19-4-3-9-28-19/h3-12H,13H2,1-2H3,(H,24,27)(H,25,26). The number of pyridine rings is 1. The highest BCUT2D eigenvalue weighted by molar-refractivity contribution is 5.93. The number of hydrogen-bond acceptors (Lipinski definition) is 5. The molecule has 0 radical (unpaired) electrons. The summed E-state index contributed by atoms with van der Waals surface area (Å²) >= 11 is 0. The maximum Gasteiger partial charge on any atom is 0.272 e. The van der Waals surface area contributed by atoms with Gasteiger partial charge in [0.2, 0.25) is 5.88 Å². The van der Waals surface area contributed by atoms with E-state index in [0.717, 1.165) is 22.4 Å². The number of rotatable bonds is 6. The third-order valence-electron chi connectivity index (χ3n) is 4.41. The van der Waals surface area contributed by atoms with Crippen molar-refractivity contribution in [3.63, 3.8) is 0 Å². The molecule has 0 fully saturated rings. The third-order valence-corrected chi connectivity index (χ3v) is 4.41. The van der Waals surface area contributed by atoms with Crippen molar-refractivity contribution in [1.82, 2.24) is 20.5 Å². The number of amides is 1. The van der Waals surface area contributed by atoms with Crippen LogP contribution in [-0.2, 0) is 6.54 Å². The van der Waals surface area contributed by atoms with Gasteiger partial charge >= 0.3 is 0 Å². The van der Waals surface area contributed by atoms with Crippen LogP contribution in [0.3, 0.4) is 0 Å². The molecule has 0 unspecified atom stereocenters. The molecule has 7 nitrogen and oxygen atoms in total. The second-order valence-corrected chi connectivity index (χ2v) is 6.70. The summed E-state index contributed by atoms with van der Waals surface area (Å²) in [5.41, 5.74) is 3.96. The molecule has 7 heteroatoms. The van der Waals surface area contributed by atoms with Crippen LogP contribution < -0.4 is 10.1 Å². The first-order valence-corrected chi connectivity index (χ1v) is 9.16. The lowest BCUT2D eigenvalue weighted by Gasteiger charge is -2.09. The Morgan fingerprint density at radius 2 is 2.07 bits per heavy atom. The van der Waals surface area contributed by atoms with Crippen molar-refractivity contribution in [2.45, 2.75) is 20.4 Å². The van der Waals surface area contributed by atoms with Gasteiger partial charge in [0, 0.05) is 24.9 Å². The van der Waals surface area contributed by atoms with Gasteiger partial charge in [-0.15, -0.1) is 0 Å². The van der Waals surface area contributed by atoms with Crippen LogP contribution in [0.5, 0.6) is 11.6 Å². The summed E-state index contributed by atoms with van der Waals surface area (Å²) in [5.74, 6) is 1.63. The van der Waals surface area contributed by atoms with Crippen LogP contribution >= 0.6 is 0 Å². The molecule has 3 aromatic heterocycles. The van der Waals surface area contributed by atoms with Gasteiger partial charge in [-0.2, -0.15) is 5.10 Å². The third kappa shape index (κ3) is 4.35. The van der Waals surface area contributed by atoms with Gasteiger partial charge in [-0.05, 0) is 48.7 Å². The highest BCUT2D eigenvalue weighted by Crippen LogP contribution is 2.24. The number of aryl methyl sites for hydroxylation is 2. The lowest BCUT2D eigenvalue weighted by atomic mass is 10.1. The molecule has 4 rings (SSSR count). The average Bonchev–Trinajstić information content (AvgIpc) is 3.41. The number of carbonyl (C=O) groups is 1. The van der Waals surface area contributed by atoms with E-state index in [0.29, 0.717) is 29.6 Å². The van der Waals surface area contributed by atoms with Gasteiger partial charge in [0.15, 0.2) is 11.5 Å². The van der Waals surface area contributed by atoms with Crippen molar-refractivity contribution in [2.75, 3.05) is 0 Å². The predicted molar refractivity (Wildman–Crippen MR) is 108 cm³/mol. The number of benzene rings is 1. The molecule has 29 heavy (non-hydrogen) atoms. The highest BCUT2D eigenvalue weighted by atomic mass is 16.5. The topological polar surface area (TPSA) is 93.0 Å². The van der Waals surface area contributed by atoms with Crippen molar-refractivity contribution < 1.29 is 13.9 Å². The normalized spacial score (nSPS) is 10.7. The average molecular weight is 388 g/mol. The molecule has 0 saturated carbocycles. The summed E-state index contributed by atoms with van der Waals surface area (Å²) < 4.78 is 11.1. The van der Waals surface area contributed by atoms with Crippen LogP contribution in [0, 0.1) is 13.8 Å². The van der Waals surface area contributed by atoms with Gasteiger partial charge in [-0.1, -0.05) is 18.2 Å². The summed E-state index contributed by atoms with van der Waals surface area (Å²) in [6.45, 7) is 4.34. The first kappa shape index (κ1) is 18.5. The molecule has 4 aromatic rings. The predicted octanol–water partition coefficient (Wildman–Crippen LogP) is 4.40. The molecule has 0 aliphatic heterocycles. The Kier molecular flexibility index (Phi) is 5.11. The molecule has 0 bridgehead atoms. The molecule has 146 valence electrons. The van der Waals surface area contributed by atoms with Gasteiger partial charge in [0.05, 0.1) is 6.26 Å². The molecule has 3 heterocycles. The fourth-order valence-corrected chi connectivity index (χ4v) is 2.77. The minimum Gasteiger partial charge on any atom is -0.463 e. The van der Waals surface area contributed by atoms with Gasteiger partial charge < -0.3 is 14.5 Å². The number of nitrogens with zero attached hydrogens (tertiary/aromatic N) is 2. The number of ether oxygens (including phenoxy) is 1. The van der Waals surface area contributed by atoms with Crippen molar-refractivity contribution in [2.24, 2.45) is 0 Å². The lowest BCUT2D eigenvalue weighted by Crippen LogP contribution is -2.23. The van der Waals surface area contributed by atoms with Crippen molar-refractivity contribution >= 4 is 5.91 Å². The first-order chi connectivity index (χ1) is 14.1. The maximum absolute atomic E-state index is 12.3. The zero-order valence-corrected chi connectivity index (χ0v) is 16.1. The van der Waals surface area contributed by atoms with E-state index in [4.69, 9.17) is 9.15 Å². The summed E-state index contributed by atoms with van der Waals surface area (Å²) in [6, 6.07) is 14.9. The Morgan fingerprint density at radius 3 is 2.83 bits per heavy atom. The molecule has 0 spiro atoms. The smallest absolute Gasteiger partial charge is 0.272 e. The fraction of sp³-hybridized carbons (Fsp3) is 0.136. The molecular weight excluding hydrogens is 368 g/mol. The van der Waals surface area contributed by atoms with Crippen molar-refractivity contribution in [3.8, 4) is 23.1 Å². The zero-order chi connectivity index (χ0) is 20.2. The van der Waals surface area contributed by atoms with E-state index in [2.05, 4.69) is 20.5 Å². The quantitative estimate of drug-likeness (QED) is 0.510. The van der Waals surface area contributed by atoms with E-state index >= 15 is 0 Å². The number of hydrogen-bond donors (Lipinski definition) is 2. The van der Waals surface area contributed by atoms with Crippen molar-refractivity contribution in [1.29, 1.82) is 0 Å². The molecular formula is C22H20N4O3. The lowest BCUT2D eigenvalue weighted by molar-refractivity contribution is 0.0946. The van der Waals surface area contributed by atoms with E-state index in [1.807, 2.05) is 38.1 Å². The minimum absolute atomic E-state index is 0.283. The van der Waals surface area contributed by atoms with Crippen LogP contribution in [-0.4, -0.2) is 21.1 Å². The summed E-state index contributed by atoms with van der Waals surface area (Å²) in [6.07, 6.45) is 3.25. The van der Waals surface area contributed by atoms with E-state index in [1.165, 1.54) is 0 Å². The van der Waals surface area contributed by atoms with Gasteiger partial charge in [-0.25, -0.2) is 4.98 Å².